The molecule has 0 radical (unpaired) electrons. The fourth-order valence-electron chi connectivity index (χ4n) is 1.95. The van der Waals surface area contributed by atoms with Crippen LogP contribution in [0.1, 0.15) is 5.56 Å². The van der Waals surface area contributed by atoms with Crippen LogP contribution in [0.25, 0.3) is 0 Å². The molecule has 20 heavy (non-hydrogen) atoms. The monoisotopic (exact) mass is 282 g/mol. The van der Waals surface area contributed by atoms with Crippen LogP contribution in [0.5, 0.6) is 11.5 Å². The maximum absolute atomic E-state index is 12.0. The maximum Gasteiger partial charge on any atom is 0.241 e. The van der Waals surface area contributed by atoms with Crippen LogP contribution >= 0.6 is 0 Å². The quantitative estimate of drug-likeness (QED) is 0.794. The van der Waals surface area contributed by atoms with Crippen molar-refractivity contribution in [3.05, 3.63) is 23.8 Å². The number of benzene rings is 1. The molecule has 1 aromatic rings. The fraction of sp³-hybridized carbons (Fsp3) is 0.500. The van der Waals surface area contributed by atoms with Crippen molar-refractivity contribution in [1.29, 1.82) is 0 Å². The molecule has 112 valence electrons. The predicted molar refractivity (Wildman–Crippen MR) is 75.9 cm³/mol. The molecule has 6 heteroatoms. The highest BCUT2D eigenvalue weighted by Gasteiger charge is 2.20. The van der Waals surface area contributed by atoms with Gasteiger partial charge in [0.1, 0.15) is 6.04 Å². The number of methoxy groups -OCH3 is 3. The van der Waals surface area contributed by atoms with Crippen molar-refractivity contribution >= 4 is 5.91 Å². The Labute approximate surface area is 119 Å². The summed E-state index contributed by atoms with van der Waals surface area (Å²) in [6.07, 6.45) is 0. The van der Waals surface area contributed by atoms with E-state index in [1.54, 1.807) is 32.2 Å². The van der Waals surface area contributed by atoms with Crippen LogP contribution in [-0.2, 0) is 16.1 Å². The smallest absolute Gasteiger partial charge is 0.241 e. The molecule has 1 amide bonds. The Bertz CT molecular complexity index is 451. The summed E-state index contributed by atoms with van der Waals surface area (Å²) in [5.41, 5.74) is 6.59. The van der Waals surface area contributed by atoms with Gasteiger partial charge < -0.3 is 24.8 Å². The van der Waals surface area contributed by atoms with Crippen molar-refractivity contribution in [3.8, 4) is 11.5 Å². The van der Waals surface area contributed by atoms with Gasteiger partial charge in [-0.1, -0.05) is 12.1 Å². The first-order valence-electron chi connectivity index (χ1n) is 6.24. The van der Waals surface area contributed by atoms with Crippen molar-refractivity contribution in [2.75, 3.05) is 35.0 Å². The number of hydrogen-bond acceptors (Lipinski definition) is 5. The molecular weight excluding hydrogens is 260 g/mol. The highest BCUT2D eigenvalue weighted by atomic mass is 16.5. The summed E-state index contributed by atoms with van der Waals surface area (Å²) in [5, 5.41) is 0. The molecule has 1 atom stereocenters. The Hall–Kier alpha value is -1.79. The summed E-state index contributed by atoms with van der Waals surface area (Å²) in [7, 11) is 6.35. The number of nitrogens with zero attached hydrogens (tertiary/aromatic N) is 1. The molecule has 2 N–H and O–H groups in total. The molecule has 1 rings (SSSR count). The van der Waals surface area contributed by atoms with Crippen molar-refractivity contribution in [2.24, 2.45) is 5.73 Å². The van der Waals surface area contributed by atoms with Crippen LogP contribution < -0.4 is 15.2 Å². The first-order valence-corrected chi connectivity index (χ1v) is 6.24. The van der Waals surface area contributed by atoms with E-state index in [1.165, 1.54) is 7.11 Å². The minimum absolute atomic E-state index is 0.184. The highest BCUT2D eigenvalue weighted by molar-refractivity contribution is 5.81. The average molecular weight is 282 g/mol. The minimum Gasteiger partial charge on any atom is -0.493 e. The lowest BCUT2D eigenvalue weighted by molar-refractivity contribution is -0.133. The Morgan fingerprint density at radius 3 is 2.55 bits per heavy atom. The van der Waals surface area contributed by atoms with E-state index in [1.807, 2.05) is 12.1 Å². The zero-order chi connectivity index (χ0) is 15.1. The third-order valence-corrected chi connectivity index (χ3v) is 2.93. The number of nitrogens with two attached hydrogens (primary N) is 1. The zero-order valence-corrected chi connectivity index (χ0v) is 12.4. The first-order chi connectivity index (χ1) is 9.54. The summed E-state index contributed by atoms with van der Waals surface area (Å²) in [6.45, 7) is 0.578. The van der Waals surface area contributed by atoms with Crippen molar-refractivity contribution in [2.45, 2.75) is 12.6 Å². The first kappa shape index (κ1) is 16.3. The van der Waals surface area contributed by atoms with Gasteiger partial charge in [0, 0.05) is 26.3 Å². The van der Waals surface area contributed by atoms with E-state index in [0.717, 1.165) is 5.56 Å². The van der Waals surface area contributed by atoms with Crippen LogP contribution in [0.2, 0.25) is 0 Å². The third kappa shape index (κ3) is 3.85. The van der Waals surface area contributed by atoms with Gasteiger partial charge >= 0.3 is 0 Å². The molecule has 1 aromatic carbocycles. The van der Waals surface area contributed by atoms with Gasteiger partial charge in [0.05, 0.1) is 20.8 Å². The van der Waals surface area contributed by atoms with Crippen molar-refractivity contribution < 1.29 is 19.0 Å². The largest absolute Gasteiger partial charge is 0.493 e. The Balaban J connectivity index is 2.85. The summed E-state index contributed by atoms with van der Waals surface area (Å²) in [5.74, 6) is 1.07. The van der Waals surface area contributed by atoms with Crippen LogP contribution in [-0.4, -0.2) is 51.8 Å². The van der Waals surface area contributed by atoms with Gasteiger partial charge in [-0.3, -0.25) is 4.79 Å². The number of ether oxygens (including phenoxy) is 3. The molecule has 0 fully saturated rings. The SMILES string of the molecule is COCC(N)C(=O)N(C)Cc1cccc(OC)c1OC. The minimum atomic E-state index is -0.665. The molecule has 6 nitrogen and oxygen atoms in total. The van der Waals surface area contributed by atoms with E-state index < -0.39 is 6.04 Å². The molecule has 0 aliphatic carbocycles. The van der Waals surface area contributed by atoms with Gasteiger partial charge in [0.2, 0.25) is 5.91 Å². The summed E-state index contributed by atoms with van der Waals surface area (Å²) >= 11 is 0. The summed E-state index contributed by atoms with van der Waals surface area (Å²) in [4.78, 5) is 13.6. The lowest BCUT2D eigenvalue weighted by Gasteiger charge is -2.22. The third-order valence-electron chi connectivity index (χ3n) is 2.93. The molecule has 0 aromatic heterocycles. The predicted octanol–water partition coefficient (Wildman–Crippen LogP) is 0.636. The zero-order valence-electron chi connectivity index (χ0n) is 12.4. The number of rotatable bonds is 7. The van der Waals surface area contributed by atoms with Gasteiger partial charge in [-0.2, -0.15) is 0 Å². The molecule has 0 bridgehead atoms. The number of para-hydroxylation sites is 1. The van der Waals surface area contributed by atoms with Crippen molar-refractivity contribution in [1.82, 2.24) is 4.90 Å². The Kier molecular flexibility index (Phi) is 6.27. The molecule has 0 heterocycles. The second kappa shape index (κ2) is 7.72. The van der Waals surface area contributed by atoms with Crippen LogP contribution in [0.3, 0.4) is 0 Å². The average Bonchev–Trinajstić information content (AvgIpc) is 2.46. The van der Waals surface area contributed by atoms with Gasteiger partial charge in [-0.05, 0) is 6.07 Å². The summed E-state index contributed by atoms with van der Waals surface area (Å²) < 4.78 is 15.5. The number of carbonyl (C=O) groups excluding carboxylic acids is 1. The van der Waals surface area contributed by atoms with Crippen LogP contribution in [0, 0.1) is 0 Å². The number of carbonyl (C=O) groups is 1. The Morgan fingerprint density at radius 2 is 2.00 bits per heavy atom. The van der Waals surface area contributed by atoms with Crippen LogP contribution in [0.4, 0.5) is 0 Å². The normalized spacial score (nSPS) is 11.8. The van der Waals surface area contributed by atoms with Gasteiger partial charge in [0.15, 0.2) is 11.5 Å². The molecule has 0 aliphatic rings. The molecule has 1 unspecified atom stereocenters. The van der Waals surface area contributed by atoms with E-state index in [9.17, 15) is 4.79 Å². The lowest BCUT2D eigenvalue weighted by atomic mass is 10.1. The molecule has 0 saturated heterocycles. The maximum atomic E-state index is 12.0. The van der Waals surface area contributed by atoms with E-state index in [2.05, 4.69) is 0 Å². The fourth-order valence-corrected chi connectivity index (χ4v) is 1.95. The second-order valence-electron chi connectivity index (χ2n) is 4.41. The van der Waals surface area contributed by atoms with Gasteiger partial charge in [0.25, 0.3) is 0 Å². The Morgan fingerprint density at radius 1 is 1.30 bits per heavy atom. The number of likely N-dealkylation sites (N-methyl/N-ethyl adjacent to an activating group) is 1. The topological polar surface area (TPSA) is 74.0 Å². The van der Waals surface area contributed by atoms with E-state index in [0.29, 0.717) is 18.0 Å². The lowest BCUT2D eigenvalue weighted by Crippen LogP contribution is -2.44. The number of amides is 1. The standard InChI is InChI=1S/C14H22N2O4/c1-16(14(17)11(15)9-18-2)8-10-6-5-7-12(19-3)13(10)20-4/h5-7,11H,8-9,15H2,1-4H3. The molecule has 0 aliphatic heterocycles. The molecule has 0 spiro atoms. The summed E-state index contributed by atoms with van der Waals surface area (Å²) in [6, 6.07) is 4.87. The van der Waals surface area contributed by atoms with Gasteiger partial charge in [-0.15, -0.1) is 0 Å². The van der Waals surface area contributed by atoms with Gasteiger partial charge in [-0.25, -0.2) is 0 Å². The van der Waals surface area contributed by atoms with Crippen LogP contribution in [0.15, 0.2) is 18.2 Å². The van der Waals surface area contributed by atoms with E-state index in [4.69, 9.17) is 19.9 Å². The van der Waals surface area contributed by atoms with E-state index >= 15 is 0 Å². The van der Waals surface area contributed by atoms with E-state index in [-0.39, 0.29) is 12.5 Å². The highest BCUT2D eigenvalue weighted by Crippen LogP contribution is 2.31. The molecule has 0 saturated carbocycles. The second-order valence-corrected chi connectivity index (χ2v) is 4.41. The van der Waals surface area contributed by atoms with Crippen molar-refractivity contribution in [3.63, 3.8) is 0 Å². The number of hydrogen-bond donors (Lipinski definition) is 1. The molecular formula is C14H22N2O4.